The Morgan fingerprint density at radius 2 is 2.39 bits per heavy atom. The van der Waals surface area contributed by atoms with Gasteiger partial charge in [0.15, 0.2) is 0 Å². The van der Waals surface area contributed by atoms with Gasteiger partial charge in [0, 0.05) is 25.1 Å². The number of carbonyl (C=O) groups excluding carboxylic acids is 1. The zero-order valence-corrected chi connectivity index (χ0v) is 11.2. The number of carbonyl (C=O) groups is 1. The van der Waals surface area contributed by atoms with E-state index in [-0.39, 0.29) is 12.0 Å². The van der Waals surface area contributed by atoms with Gasteiger partial charge >= 0.3 is 0 Å². The van der Waals surface area contributed by atoms with Crippen LogP contribution in [0.15, 0.2) is 36.9 Å². The number of amides is 1. The van der Waals surface area contributed by atoms with E-state index in [4.69, 9.17) is 16.3 Å². The maximum atomic E-state index is 11.5. The van der Waals surface area contributed by atoms with Crippen LogP contribution < -0.4 is 5.32 Å². The molecule has 0 radical (unpaired) electrons. The first-order valence-corrected chi connectivity index (χ1v) is 6.21. The second kappa shape index (κ2) is 7.90. The second-order valence-electron chi connectivity index (χ2n) is 3.91. The molecule has 0 fully saturated rings. The summed E-state index contributed by atoms with van der Waals surface area (Å²) in [7, 11) is 1.61. The molecule has 0 aromatic heterocycles. The van der Waals surface area contributed by atoms with E-state index in [1.165, 1.54) is 0 Å². The van der Waals surface area contributed by atoms with Crippen molar-refractivity contribution in [3.05, 3.63) is 47.5 Å². The van der Waals surface area contributed by atoms with Crippen molar-refractivity contribution in [3.63, 3.8) is 0 Å². The molecule has 98 valence electrons. The number of hydrogen-bond donors (Lipinski definition) is 1. The Kier molecular flexibility index (Phi) is 6.47. The number of benzene rings is 1. The molecule has 1 amide bonds. The van der Waals surface area contributed by atoms with Gasteiger partial charge in [-0.3, -0.25) is 4.79 Å². The molecule has 0 heterocycles. The molecule has 0 aliphatic carbocycles. The van der Waals surface area contributed by atoms with Crippen molar-refractivity contribution < 1.29 is 9.53 Å². The highest BCUT2D eigenvalue weighted by Crippen LogP contribution is 2.19. The lowest BCUT2D eigenvalue weighted by Crippen LogP contribution is -2.28. The number of allylic oxidation sites excluding steroid dienone is 1. The standard InChI is InChI=1S/C14H18ClNO2/c1-3-4-8-14(17)16-10-13(18-2)11-6-5-7-12(15)9-11/h3,5-7,9,13H,1,4,8,10H2,2H3,(H,16,17). The van der Waals surface area contributed by atoms with Crippen LogP contribution in [-0.2, 0) is 9.53 Å². The third kappa shape index (κ3) is 4.90. The number of rotatable bonds is 7. The van der Waals surface area contributed by atoms with Crippen LogP contribution in [0.2, 0.25) is 5.02 Å². The van der Waals surface area contributed by atoms with Gasteiger partial charge in [0.25, 0.3) is 0 Å². The van der Waals surface area contributed by atoms with Crippen LogP contribution >= 0.6 is 11.6 Å². The van der Waals surface area contributed by atoms with E-state index in [1.54, 1.807) is 19.3 Å². The number of methoxy groups -OCH3 is 1. The van der Waals surface area contributed by atoms with Gasteiger partial charge < -0.3 is 10.1 Å². The molecule has 18 heavy (non-hydrogen) atoms. The number of ether oxygens (including phenoxy) is 1. The third-order valence-corrected chi connectivity index (χ3v) is 2.80. The molecule has 1 N–H and O–H groups in total. The molecule has 1 aromatic rings. The Morgan fingerprint density at radius 1 is 1.61 bits per heavy atom. The first-order chi connectivity index (χ1) is 8.67. The van der Waals surface area contributed by atoms with Crippen LogP contribution in [0.5, 0.6) is 0 Å². The largest absolute Gasteiger partial charge is 0.375 e. The van der Waals surface area contributed by atoms with Gasteiger partial charge in [-0.2, -0.15) is 0 Å². The Labute approximate surface area is 113 Å². The summed E-state index contributed by atoms with van der Waals surface area (Å²) in [6.45, 7) is 4.02. The van der Waals surface area contributed by atoms with E-state index in [9.17, 15) is 4.79 Å². The summed E-state index contributed by atoms with van der Waals surface area (Å²) in [5.41, 5.74) is 0.953. The first kappa shape index (κ1) is 14.7. The molecule has 3 nitrogen and oxygen atoms in total. The van der Waals surface area contributed by atoms with Crippen LogP contribution in [0.3, 0.4) is 0 Å². The first-order valence-electron chi connectivity index (χ1n) is 5.83. The highest BCUT2D eigenvalue weighted by Gasteiger charge is 2.12. The fraction of sp³-hybridized carbons (Fsp3) is 0.357. The molecule has 1 unspecified atom stereocenters. The summed E-state index contributed by atoms with van der Waals surface area (Å²) in [6.07, 6.45) is 2.68. The van der Waals surface area contributed by atoms with Gasteiger partial charge in [0.1, 0.15) is 0 Å². The van der Waals surface area contributed by atoms with Crippen molar-refractivity contribution in [2.45, 2.75) is 18.9 Å². The molecule has 0 bridgehead atoms. The molecule has 4 heteroatoms. The predicted octanol–water partition coefficient (Wildman–Crippen LogP) is 3.11. The number of hydrogen-bond acceptors (Lipinski definition) is 2. The van der Waals surface area contributed by atoms with E-state index in [2.05, 4.69) is 11.9 Å². The van der Waals surface area contributed by atoms with Crippen molar-refractivity contribution in [1.82, 2.24) is 5.32 Å². The van der Waals surface area contributed by atoms with Gasteiger partial charge in [-0.25, -0.2) is 0 Å². The molecular formula is C14H18ClNO2. The van der Waals surface area contributed by atoms with Gasteiger partial charge in [0.2, 0.25) is 5.91 Å². The average Bonchev–Trinajstić information content (AvgIpc) is 2.37. The van der Waals surface area contributed by atoms with Crippen molar-refractivity contribution in [1.29, 1.82) is 0 Å². The molecule has 0 aliphatic heterocycles. The third-order valence-electron chi connectivity index (χ3n) is 2.57. The lowest BCUT2D eigenvalue weighted by Gasteiger charge is -2.16. The van der Waals surface area contributed by atoms with Crippen LogP contribution in [0.25, 0.3) is 0 Å². The van der Waals surface area contributed by atoms with Crippen LogP contribution in [0, 0.1) is 0 Å². The van der Waals surface area contributed by atoms with Gasteiger partial charge in [0.05, 0.1) is 6.10 Å². The van der Waals surface area contributed by atoms with Crippen LogP contribution in [0.1, 0.15) is 24.5 Å². The fourth-order valence-electron chi connectivity index (χ4n) is 1.57. The molecular weight excluding hydrogens is 250 g/mol. The number of halogens is 1. The van der Waals surface area contributed by atoms with E-state index >= 15 is 0 Å². The van der Waals surface area contributed by atoms with Crippen LogP contribution in [-0.4, -0.2) is 19.6 Å². The van der Waals surface area contributed by atoms with E-state index in [0.29, 0.717) is 24.4 Å². The summed E-state index contributed by atoms with van der Waals surface area (Å²) >= 11 is 5.92. The Morgan fingerprint density at radius 3 is 3.00 bits per heavy atom. The van der Waals surface area contributed by atoms with Gasteiger partial charge in [-0.1, -0.05) is 29.8 Å². The quantitative estimate of drug-likeness (QED) is 0.771. The summed E-state index contributed by atoms with van der Waals surface area (Å²) in [4.78, 5) is 11.5. The average molecular weight is 268 g/mol. The molecule has 1 atom stereocenters. The van der Waals surface area contributed by atoms with Crippen molar-refractivity contribution in [3.8, 4) is 0 Å². The SMILES string of the molecule is C=CCCC(=O)NCC(OC)c1cccc(Cl)c1. The molecule has 1 aromatic carbocycles. The lowest BCUT2D eigenvalue weighted by atomic mass is 10.1. The van der Waals surface area contributed by atoms with Crippen LogP contribution in [0.4, 0.5) is 0 Å². The Hall–Kier alpha value is -1.32. The Balaban J connectivity index is 2.52. The summed E-state index contributed by atoms with van der Waals surface area (Å²) in [5, 5.41) is 3.49. The van der Waals surface area contributed by atoms with E-state index < -0.39 is 0 Å². The molecule has 0 saturated heterocycles. The van der Waals surface area contributed by atoms with Crippen molar-refractivity contribution >= 4 is 17.5 Å². The Bertz CT molecular complexity index is 407. The molecule has 1 rings (SSSR count). The molecule has 0 saturated carbocycles. The predicted molar refractivity (Wildman–Crippen MR) is 73.6 cm³/mol. The highest BCUT2D eigenvalue weighted by atomic mass is 35.5. The maximum Gasteiger partial charge on any atom is 0.220 e. The van der Waals surface area contributed by atoms with Crippen molar-refractivity contribution in [2.24, 2.45) is 0 Å². The minimum Gasteiger partial charge on any atom is -0.375 e. The lowest BCUT2D eigenvalue weighted by molar-refractivity contribution is -0.121. The monoisotopic (exact) mass is 267 g/mol. The smallest absolute Gasteiger partial charge is 0.220 e. The zero-order valence-electron chi connectivity index (χ0n) is 10.5. The summed E-state index contributed by atoms with van der Waals surface area (Å²) < 4.78 is 5.35. The van der Waals surface area contributed by atoms with E-state index in [0.717, 1.165) is 5.56 Å². The highest BCUT2D eigenvalue weighted by molar-refractivity contribution is 6.30. The van der Waals surface area contributed by atoms with Gasteiger partial charge in [-0.05, 0) is 24.1 Å². The fourth-order valence-corrected chi connectivity index (χ4v) is 1.77. The van der Waals surface area contributed by atoms with Crippen molar-refractivity contribution in [2.75, 3.05) is 13.7 Å². The molecule has 0 spiro atoms. The number of nitrogens with one attached hydrogen (secondary N) is 1. The molecule has 0 aliphatic rings. The van der Waals surface area contributed by atoms with E-state index in [1.807, 2.05) is 18.2 Å². The maximum absolute atomic E-state index is 11.5. The summed E-state index contributed by atoms with van der Waals surface area (Å²) in [5.74, 6) is -0.000946. The normalized spacial score (nSPS) is 11.9. The topological polar surface area (TPSA) is 38.3 Å². The minimum atomic E-state index is -0.184. The second-order valence-corrected chi connectivity index (χ2v) is 4.35. The zero-order chi connectivity index (χ0) is 13.4. The summed E-state index contributed by atoms with van der Waals surface area (Å²) in [6, 6.07) is 7.44. The van der Waals surface area contributed by atoms with Gasteiger partial charge in [-0.15, -0.1) is 6.58 Å². The minimum absolute atomic E-state index is 0.000946.